The molecule has 6 rings (SSSR count). The summed E-state index contributed by atoms with van der Waals surface area (Å²) in [6.45, 7) is 7.02. The van der Waals surface area contributed by atoms with Crippen LogP contribution in [0.1, 0.15) is 64.6 Å². The van der Waals surface area contributed by atoms with E-state index in [4.69, 9.17) is 20.8 Å². The van der Waals surface area contributed by atoms with Gasteiger partial charge in [-0.25, -0.2) is 4.98 Å². The summed E-state index contributed by atoms with van der Waals surface area (Å²) in [7, 11) is 1.93. The van der Waals surface area contributed by atoms with E-state index >= 15 is 0 Å². The number of hydrogen-bond acceptors (Lipinski definition) is 10. The standard InChI is InChI=1S/C31H38N10O2/c1-21-5-3-8-40(15-21)16-22-9-23(14-35-33)26-17-41(30(42)25(26)10-22)28-12-24(11-27(37-28)34-7-4-6-32)31(18-43-19-31)13-29-38-36-20-39(29)2/h9-12,14,20-21H,3-5,7-8,13,15-19,33H2,1-2H3,(H,34,37)/t21-/m0/s1. The smallest absolute Gasteiger partial charge is 0.260 e. The maximum Gasteiger partial charge on any atom is 0.260 e. The molecule has 0 spiro atoms. The monoisotopic (exact) mass is 582 g/mol. The molecule has 0 saturated carbocycles. The topological polar surface area (TPSA) is 151 Å². The number of benzene rings is 1. The molecule has 0 aliphatic carbocycles. The summed E-state index contributed by atoms with van der Waals surface area (Å²) in [5, 5.41) is 24.6. The molecule has 3 aromatic rings. The molecule has 1 amide bonds. The number of hydrogen-bond donors (Lipinski definition) is 2. The van der Waals surface area contributed by atoms with Crippen LogP contribution in [0.3, 0.4) is 0 Å². The second-order valence-corrected chi connectivity index (χ2v) is 12.1. The molecule has 224 valence electrons. The van der Waals surface area contributed by atoms with Crippen molar-refractivity contribution in [2.75, 3.05) is 43.1 Å². The minimum Gasteiger partial charge on any atom is -0.379 e. The molecule has 2 aromatic heterocycles. The maximum atomic E-state index is 14.1. The van der Waals surface area contributed by atoms with Gasteiger partial charge in [0.15, 0.2) is 0 Å². The molecule has 3 aliphatic rings. The number of carbonyl (C=O) groups is 1. The quantitative estimate of drug-likeness (QED) is 0.159. The van der Waals surface area contributed by atoms with Gasteiger partial charge in [0.1, 0.15) is 23.8 Å². The number of anilines is 2. The normalized spacial score (nSPS) is 19.8. The molecule has 43 heavy (non-hydrogen) atoms. The van der Waals surface area contributed by atoms with Crippen LogP contribution in [-0.2, 0) is 36.7 Å². The third-order valence-electron chi connectivity index (χ3n) is 8.80. The molecule has 5 heterocycles. The Hall–Kier alpha value is -4.34. The maximum absolute atomic E-state index is 14.1. The number of pyridine rings is 1. The molecule has 2 saturated heterocycles. The number of carbonyl (C=O) groups excluding carboxylic acids is 1. The van der Waals surface area contributed by atoms with Crippen molar-refractivity contribution in [3.8, 4) is 6.07 Å². The van der Waals surface area contributed by atoms with Gasteiger partial charge < -0.3 is 20.5 Å². The predicted molar refractivity (Wildman–Crippen MR) is 163 cm³/mol. The fourth-order valence-electron chi connectivity index (χ4n) is 6.45. The Balaban J connectivity index is 1.34. The average Bonchev–Trinajstić information content (AvgIpc) is 3.53. The summed E-state index contributed by atoms with van der Waals surface area (Å²) in [6, 6.07) is 10.3. The van der Waals surface area contributed by atoms with Crippen molar-refractivity contribution in [3.63, 3.8) is 0 Å². The van der Waals surface area contributed by atoms with E-state index in [9.17, 15) is 4.79 Å². The lowest BCUT2D eigenvalue weighted by Gasteiger charge is -2.42. The van der Waals surface area contributed by atoms with Gasteiger partial charge in [-0.3, -0.25) is 14.6 Å². The zero-order chi connectivity index (χ0) is 30.0. The summed E-state index contributed by atoms with van der Waals surface area (Å²) in [5.41, 5.74) is 4.14. The highest BCUT2D eigenvalue weighted by Crippen LogP contribution is 2.39. The SMILES string of the molecule is C[C@H]1CCCN(Cc2cc(C=NN)c3c(c2)C(=O)N(c2cc(C4(Cc5nncn5C)COC4)cc(NCCC#N)n2)C3)C1. The van der Waals surface area contributed by atoms with E-state index in [-0.39, 0.29) is 11.3 Å². The third kappa shape index (κ3) is 5.83. The number of nitriles is 1. The number of aryl methyl sites for hydroxylation is 1. The largest absolute Gasteiger partial charge is 0.379 e. The van der Waals surface area contributed by atoms with Crippen molar-refractivity contribution in [2.24, 2.45) is 23.9 Å². The molecule has 0 unspecified atom stereocenters. The van der Waals surface area contributed by atoms with Gasteiger partial charge >= 0.3 is 0 Å². The van der Waals surface area contributed by atoms with Gasteiger partial charge in [0.05, 0.1) is 38.5 Å². The number of ether oxygens (including phenoxy) is 1. The highest BCUT2D eigenvalue weighted by Gasteiger charge is 2.43. The number of nitrogens with zero attached hydrogens (tertiary/aromatic N) is 8. The lowest BCUT2D eigenvalue weighted by atomic mass is 9.75. The number of hydrazone groups is 1. The Bertz CT molecular complexity index is 1570. The first kappa shape index (κ1) is 28.8. The molecule has 1 aromatic carbocycles. The summed E-state index contributed by atoms with van der Waals surface area (Å²) in [5.74, 6) is 8.19. The highest BCUT2D eigenvalue weighted by atomic mass is 16.5. The van der Waals surface area contributed by atoms with Crippen molar-refractivity contribution in [1.82, 2.24) is 24.6 Å². The second-order valence-electron chi connectivity index (χ2n) is 12.1. The molecular formula is C31H38N10O2. The minimum absolute atomic E-state index is 0.102. The van der Waals surface area contributed by atoms with E-state index in [0.717, 1.165) is 47.7 Å². The zero-order valence-electron chi connectivity index (χ0n) is 24.8. The van der Waals surface area contributed by atoms with Crippen molar-refractivity contribution in [2.45, 2.75) is 51.1 Å². The molecule has 1 atom stereocenters. The van der Waals surface area contributed by atoms with E-state index in [2.05, 4.69) is 44.6 Å². The summed E-state index contributed by atoms with van der Waals surface area (Å²) >= 11 is 0. The number of rotatable bonds is 10. The number of aromatic nitrogens is 4. The van der Waals surface area contributed by atoms with Gasteiger partial charge in [0.25, 0.3) is 5.91 Å². The predicted octanol–water partition coefficient (Wildman–Crippen LogP) is 2.73. The van der Waals surface area contributed by atoms with Crippen LogP contribution in [0, 0.1) is 17.2 Å². The van der Waals surface area contributed by atoms with Crippen LogP contribution in [0.15, 0.2) is 35.7 Å². The van der Waals surface area contributed by atoms with Crippen LogP contribution in [0.25, 0.3) is 0 Å². The van der Waals surface area contributed by atoms with Crippen molar-refractivity contribution in [3.05, 3.63) is 64.2 Å². The summed E-state index contributed by atoms with van der Waals surface area (Å²) in [6.07, 6.45) is 6.74. The molecule has 0 radical (unpaired) electrons. The second kappa shape index (κ2) is 12.1. The molecule has 3 N–H and O–H groups in total. The Kier molecular flexibility index (Phi) is 8.10. The number of nitrogens with one attached hydrogen (secondary N) is 1. The Morgan fingerprint density at radius 3 is 2.86 bits per heavy atom. The van der Waals surface area contributed by atoms with Gasteiger partial charge in [-0.2, -0.15) is 10.4 Å². The first-order chi connectivity index (χ1) is 20.9. The van der Waals surface area contributed by atoms with Crippen LogP contribution >= 0.6 is 0 Å². The van der Waals surface area contributed by atoms with Crippen LogP contribution in [0.5, 0.6) is 0 Å². The van der Waals surface area contributed by atoms with Gasteiger partial charge in [-0.1, -0.05) is 6.92 Å². The van der Waals surface area contributed by atoms with Crippen LogP contribution < -0.4 is 16.1 Å². The number of piperidine rings is 1. The van der Waals surface area contributed by atoms with Crippen LogP contribution in [0.4, 0.5) is 11.6 Å². The van der Waals surface area contributed by atoms with Gasteiger partial charge in [-0.15, -0.1) is 10.2 Å². The molecule has 2 fully saturated rings. The molecule has 12 heteroatoms. The van der Waals surface area contributed by atoms with Crippen LogP contribution in [-0.4, -0.2) is 69.6 Å². The first-order valence-corrected chi connectivity index (χ1v) is 14.9. The number of likely N-dealkylation sites (tertiary alicyclic amines) is 1. The number of fused-ring (bicyclic) bond motifs is 1. The van der Waals surface area contributed by atoms with Gasteiger partial charge in [-0.05, 0) is 66.3 Å². The van der Waals surface area contributed by atoms with Crippen molar-refractivity contribution >= 4 is 23.8 Å². The van der Waals surface area contributed by atoms with Gasteiger partial charge in [0, 0.05) is 49.6 Å². The fourth-order valence-corrected chi connectivity index (χ4v) is 6.45. The highest BCUT2D eigenvalue weighted by molar-refractivity contribution is 6.11. The molecular weight excluding hydrogens is 544 g/mol. The average molecular weight is 583 g/mol. The van der Waals surface area contributed by atoms with E-state index < -0.39 is 0 Å². The lowest BCUT2D eigenvalue weighted by molar-refractivity contribution is -0.0611. The van der Waals surface area contributed by atoms with E-state index in [1.54, 1.807) is 17.4 Å². The van der Waals surface area contributed by atoms with Gasteiger partial charge in [0.2, 0.25) is 0 Å². The lowest BCUT2D eigenvalue weighted by Crippen LogP contribution is -2.49. The van der Waals surface area contributed by atoms with E-state index in [0.29, 0.717) is 62.3 Å². The summed E-state index contributed by atoms with van der Waals surface area (Å²) < 4.78 is 7.64. The first-order valence-electron chi connectivity index (χ1n) is 14.9. The summed E-state index contributed by atoms with van der Waals surface area (Å²) in [4.78, 5) is 23.1. The van der Waals surface area contributed by atoms with E-state index in [1.165, 1.54) is 12.8 Å². The minimum atomic E-state index is -0.337. The van der Waals surface area contributed by atoms with Crippen molar-refractivity contribution < 1.29 is 9.53 Å². The molecule has 3 aliphatic heterocycles. The molecule has 12 nitrogen and oxygen atoms in total. The Morgan fingerprint density at radius 1 is 1.30 bits per heavy atom. The Labute approximate surface area is 251 Å². The number of amides is 1. The van der Waals surface area contributed by atoms with Crippen molar-refractivity contribution in [1.29, 1.82) is 5.26 Å². The fraction of sp³-hybridized carbons (Fsp3) is 0.484. The van der Waals surface area contributed by atoms with E-state index in [1.807, 2.05) is 29.8 Å². The zero-order valence-corrected chi connectivity index (χ0v) is 24.8. The van der Waals surface area contributed by atoms with Crippen LogP contribution in [0.2, 0.25) is 0 Å². The number of nitrogens with two attached hydrogens (primary N) is 1. The third-order valence-corrected chi connectivity index (χ3v) is 8.80. The molecule has 0 bridgehead atoms. The Morgan fingerprint density at radius 2 is 2.16 bits per heavy atom.